The first kappa shape index (κ1) is 16.4. The molecule has 2 nitrogen and oxygen atoms in total. The summed E-state index contributed by atoms with van der Waals surface area (Å²) in [5, 5.41) is 10.1. The molecule has 1 atom stereocenters. The monoisotopic (exact) mass is 346 g/mol. The molecule has 0 saturated carbocycles. The van der Waals surface area contributed by atoms with E-state index in [0.717, 1.165) is 40.3 Å². The van der Waals surface area contributed by atoms with Crippen molar-refractivity contribution in [3.63, 3.8) is 0 Å². The van der Waals surface area contributed by atoms with Gasteiger partial charge in [-0.1, -0.05) is 54.4 Å². The van der Waals surface area contributed by atoms with Crippen LogP contribution < -0.4 is 0 Å². The van der Waals surface area contributed by atoms with Gasteiger partial charge in [0.1, 0.15) is 0 Å². The Bertz CT molecular complexity index is 674. The Kier molecular flexibility index (Phi) is 4.98. The maximum Gasteiger partial charge on any atom is 0.305 e. The molecule has 23 heavy (non-hydrogen) atoms. The Balaban J connectivity index is 1.89. The number of hydrogen-bond donors (Lipinski definition) is 1. The fraction of sp³-hybridized carbons (Fsp3) is 0.316. The topological polar surface area (TPSA) is 37.3 Å². The second kappa shape index (κ2) is 6.98. The highest BCUT2D eigenvalue weighted by molar-refractivity contribution is 8.00. The molecule has 0 radical (unpaired) electrons. The number of rotatable bonds is 4. The number of benzene rings is 2. The molecule has 3 rings (SSSR count). The number of carboxylic acids is 1. The van der Waals surface area contributed by atoms with E-state index in [-0.39, 0.29) is 11.2 Å². The minimum Gasteiger partial charge on any atom is -0.481 e. The average Bonchev–Trinajstić information content (AvgIpc) is 2.56. The maximum atomic E-state index is 11.3. The van der Waals surface area contributed by atoms with E-state index in [0.29, 0.717) is 0 Å². The third kappa shape index (κ3) is 3.73. The minimum atomic E-state index is -0.721. The van der Waals surface area contributed by atoms with E-state index < -0.39 is 5.97 Å². The molecule has 1 N–H and O–H groups in total. The van der Waals surface area contributed by atoms with Crippen LogP contribution in [0.15, 0.2) is 48.5 Å². The maximum absolute atomic E-state index is 11.3. The van der Waals surface area contributed by atoms with E-state index in [1.54, 1.807) is 11.8 Å². The number of hydrogen-bond acceptors (Lipinski definition) is 2. The predicted molar refractivity (Wildman–Crippen MR) is 97.1 cm³/mol. The summed E-state index contributed by atoms with van der Waals surface area (Å²) in [6, 6.07) is 16.1. The van der Waals surface area contributed by atoms with Gasteiger partial charge in [-0.3, -0.25) is 4.79 Å². The van der Waals surface area contributed by atoms with Crippen molar-refractivity contribution in [3.05, 3.63) is 59.1 Å². The largest absolute Gasteiger partial charge is 0.481 e. The number of thioether (sulfide) groups is 1. The molecule has 1 unspecified atom stereocenters. The van der Waals surface area contributed by atoms with E-state index in [2.05, 4.69) is 24.3 Å². The van der Waals surface area contributed by atoms with Crippen molar-refractivity contribution in [1.82, 2.24) is 0 Å². The first-order valence-corrected chi connectivity index (χ1v) is 9.18. The Labute approximate surface area is 145 Å². The van der Waals surface area contributed by atoms with E-state index in [4.69, 9.17) is 11.6 Å². The summed E-state index contributed by atoms with van der Waals surface area (Å²) < 4.78 is -0.275. The van der Waals surface area contributed by atoms with Gasteiger partial charge < -0.3 is 5.11 Å². The summed E-state index contributed by atoms with van der Waals surface area (Å²) in [5.74, 6) is 0.313. The molecule has 1 aliphatic heterocycles. The summed E-state index contributed by atoms with van der Waals surface area (Å²) in [6.07, 6.45) is 3.40. The molecule has 0 bridgehead atoms. The summed E-state index contributed by atoms with van der Waals surface area (Å²) >= 11 is 7.73. The zero-order valence-corrected chi connectivity index (χ0v) is 14.4. The number of aliphatic carboxylic acids is 1. The van der Waals surface area contributed by atoms with E-state index in [9.17, 15) is 9.90 Å². The first-order valence-electron chi connectivity index (χ1n) is 7.81. The van der Waals surface area contributed by atoms with Crippen LogP contribution in [0, 0.1) is 0 Å². The molecular weight excluding hydrogens is 328 g/mol. The second-order valence-electron chi connectivity index (χ2n) is 5.95. The van der Waals surface area contributed by atoms with Crippen LogP contribution in [0.5, 0.6) is 0 Å². The highest BCUT2D eigenvalue weighted by atomic mass is 35.5. The van der Waals surface area contributed by atoms with Gasteiger partial charge in [0.05, 0.1) is 11.2 Å². The van der Waals surface area contributed by atoms with E-state index in [1.165, 1.54) is 6.42 Å². The van der Waals surface area contributed by atoms with Gasteiger partial charge in [0, 0.05) is 5.02 Å². The summed E-state index contributed by atoms with van der Waals surface area (Å²) in [7, 11) is 0. The SMILES string of the molecule is O=C(O)CC1(c2ccc(-c3ccc(Cl)cc3)cc2)CCCCS1. The lowest BCUT2D eigenvalue weighted by Crippen LogP contribution is -2.29. The first-order chi connectivity index (χ1) is 11.1. The van der Waals surface area contributed by atoms with Crippen LogP contribution in [0.1, 0.15) is 31.2 Å². The molecule has 1 heterocycles. The van der Waals surface area contributed by atoms with Gasteiger partial charge >= 0.3 is 5.97 Å². The zero-order chi connectivity index (χ0) is 16.3. The van der Waals surface area contributed by atoms with Gasteiger partial charge in [0.15, 0.2) is 0 Å². The lowest BCUT2D eigenvalue weighted by molar-refractivity contribution is -0.137. The summed E-state index contributed by atoms with van der Waals surface area (Å²) in [6.45, 7) is 0. The Morgan fingerprint density at radius 2 is 1.65 bits per heavy atom. The van der Waals surface area contributed by atoms with Gasteiger partial charge in [-0.05, 0) is 47.4 Å². The molecule has 120 valence electrons. The van der Waals surface area contributed by atoms with Gasteiger partial charge in [0.2, 0.25) is 0 Å². The molecule has 2 aromatic carbocycles. The van der Waals surface area contributed by atoms with Crippen LogP contribution in [-0.4, -0.2) is 16.8 Å². The Morgan fingerprint density at radius 3 is 2.17 bits per heavy atom. The highest BCUT2D eigenvalue weighted by Gasteiger charge is 2.36. The second-order valence-corrected chi connectivity index (χ2v) is 7.87. The molecule has 2 aromatic rings. The van der Waals surface area contributed by atoms with Crippen LogP contribution in [0.2, 0.25) is 5.02 Å². The highest BCUT2D eigenvalue weighted by Crippen LogP contribution is 2.47. The summed E-state index contributed by atoms with van der Waals surface area (Å²) in [5.41, 5.74) is 3.36. The van der Waals surface area contributed by atoms with Gasteiger partial charge in [-0.25, -0.2) is 0 Å². The molecule has 1 aliphatic rings. The van der Waals surface area contributed by atoms with Crippen molar-refractivity contribution in [1.29, 1.82) is 0 Å². The minimum absolute atomic E-state index is 0.192. The molecule has 0 spiro atoms. The molecule has 0 aliphatic carbocycles. The van der Waals surface area contributed by atoms with Crippen molar-refractivity contribution in [3.8, 4) is 11.1 Å². The zero-order valence-electron chi connectivity index (χ0n) is 12.8. The van der Waals surface area contributed by atoms with Crippen molar-refractivity contribution in [2.45, 2.75) is 30.4 Å². The lowest BCUT2D eigenvalue weighted by Gasteiger charge is -2.36. The van der Waals surface area contributed by atoms with Crippen molar-refractivity contribution in [2.75, 3.05) is 5.75 Å². The van der Waals surface area contributed by atoms with Crippen LogP contribution in [0.25, 0.3) is 11.1 Å². The fourth-order valence-electron chi connectivity index (χ4n) is 3.17. The number of carbonyl (C=O) groups is 1. The van der Waals surface area contributed by atoms with E-state index in [1.807, 2.05) is 24.3 Å². The molecule has 0 amide bonds. The van der Waals surface area contributed by atoms with Gasteiger partial charge in [0.25, 0.3) is 0 Å². The van der Waals surface area contributed by atoms with Crippen LogP contribution in [0.3, 0.4) is 0 Å². The summed E-state index contributed by atoms with van der Waals surface area (Å²) in [4.78, 5) is 11.3. The third-order valence-corrected chi connectivity index (χ3v) is 6.26. The van der Waals surface area contributed by atoms with Gasteiger partial charge in [-0.15, -0.1) is 11.8 Å². The normalized spacial score (nSPS) is 21.1. The van der Waals surface area contributed by atoms with Crippen molar-refractivity contribution in [2.24, 2.45) is 0 Å². The van der Waals surface area contributed by atoms with Crippen LogP contribution in [-0.2, 0) is 9.54 Å². The Hall–Kier alpha value is -1.45. The van der Waals surface area contributed by atoms with Crippen molar-refractivity contribution >= 4 is 29.3 Å². The Morgan fingerprint density at radius 1 is 1.04 bits per heavy atom. The van der Waals surface area contributed by atoms with Crippen LogP contribution >= 0.6 is 23.4 Å². The molecular formula is C19H19ClO2S. The van der Waals surface area contributed by atoms with Gasteiger partial charge in [-0.2, -0.15) is 0 Å². The number of carboxylic acid groups (broad SMARTS) is 1. The average molecular weight is 347 g/mol. The lowest BCUT2D eigenvalue weighted by atomic mass is 9.88. The molecule has 1 fully saturated rings. The van der Waals surface area contributed by atoms with Crippen molar-refractivity contribution < 1.29 is 9.90 Å². The quantitative estimate of drug-likeness (QED) is 0.783. The standard InChI is InChI=1S/C19H19ClO2S/c20-17-9-5-15(6-10-17)14-3-7-16(8-4-14)19(13-18(21)22)11-1-2-12-23-19/h3-10H,1-2,11-13H2,(H,21,22). The number of halogens is 1. The smallest absolute Gasteiger partial charge is 0.305 e. The predicted octanol–water partition coefficient (Wildman–Crippen LogP) is 5.59. The molecule has 4 heteroatoms. The third-order valence-electron chi connectivity index (χ3n) is 4.38. The fourth-order valence-corrected chi connectivity index (χ4v) is 4.86. The van der Waals surface area contributed by atoms with Crippen LogP contribution in [0.4, 0.5) is 0 Å². The molecule has 1 saturated heterocycles. The molecule has 0 aromatic heterocycles. The van der Waals surface area contributed by atoms with E-state index >= 15 is 0 Å².